The number of carbonyl (C=O) groups is 1. The lowest BCUT2D eigenvalue weighted by atomic mass is 10.3. The molecular formula is C15H17NO4S. The van der Waals surface area contributed by atoms with E-state index in [4.69, 9.17) is 4.42 Å². The van der Waals surface area contributed by atoms with Gasteiger partial charge < -0.3 is 9.73 Å². The highest BCUT2D eigenvalue weighted by Gasteiger charge is 2.31. The fourth-order valence-electron chi connectivity index (χ4n) is 1.94. The average Bonchev–Trinajstić information content (AvgIpc) is 3.02. The van der Waals surface area contributed by atoms with Gasteiger partial charge in [0.2, 0.25) is 5.91 Å². The number of rotatable bonds is 6. The predicted octanol–water partition coefficient (Wildman–Crippen LogP) is 2.32. The van der Waals surface area contributed by atoms with Crippen LogP contribution in [-0.2, 0) is 14.6 Å². The molecule has 0 fully saturated rings. The third-order valence-corrected chi connectivity index (χ3v) is 5.19. The van der Waals surface area contributed by atoms with Crippen molar-refractivity contribution in [3.05, 3.63) is 54.5 Å². The van der Waals surface area contributed by atoms with Crippen LogP contribution in [0.25, 0.3) is 0 Å². The fourth-order valence-corrected chi connectivity index (χ4v) is 3.55. The Bertz CT molecular complexity index is 678. The molecular weight excluding hydrogens is 290 g/mol. The number of furan rings is 1. The second kappa shape index (κ2) is 6.58. The van der Waals surface area contributed by atoms with Crippen molar-refractivity contribution in [2.45, 2.75) is 23.5 Å². The van der Waals surface area contributed by atoms with E-state index in [9.17, 15) is 13.2 Å². The number of amides is 1. The Morgan fingerprint density at radius 1 is 1.19 bits per heavy atom. The summed E-state index contributed by atoms with van der Waals surface area (Å²) in [6.07, 6.45) is 1.72. The van der Waals surface area contributed by atoms with Crippen molar-refractivity contribution in [2.24, 2.45) is 0 Å². The van der Waals surface area contributed by atoms with Gasteiger partial charge in [-0.15, -0.1) is 0 Å². The number of sulfone groups is 1. The van der Waals surface area contributed by atoms with Crippen LogP contribution in [0.3, 0.4) is 0 Å². The van der Waals surface area contributed by atoms with Crippen LogP contribution in [0.4, 0.5) is 0 Å². The van der Waals surface area contributed by atoms with Crippen molar-refractivity contribution in [1.29, 1.82) is 0 Å². The van der Waals surface area contributed by atoms with Crippen molar-refractivity contribution in [3.63, 3.8) is 0 Å². The van der Waals surface area contributed by atoms with Gasteiger partial charge in [-0.05, 0) is 24.3 Å². The van der Waals surface area contributed by atoms with Crippen LogP contribution in [0.2, 0.25) is 0 Å². The molecule has 2 rings (SSSR count). The van der Waals surface area contributed by atoms with Gasteiger partial charge in [-0.25, -0.2) is 8.42 Å². The second-order valence-electron chi connectivity index (χ2n) is 4.52. The van der Waals surface area contributed by atoms with Crippen LogP contribution >= 0.6 is 0 Å². The molecule has 6 heteroatoms. The zero-order valence-corrected chi connectivity index (χ0v) is 12.5. The first kappa shape index (κ1) is 15.3. The van der Waals surface area contributed by atoms with Crippen LogP contribution in [0.1, 0.15) is 24.4 Å². The standard InChI is InChI=1S/C15H17NO4S/c1-2-15(17)16-11-14(13-9-6-10-20-13)21(18,19)12-7-4-3-5-8-12/h3-10,14H,2,11H2,1H3,(H,16,17)/t14-/m0/s1. The third-order valence-electron chi connectivity index (χ3n) is 3.11. The molecule has 0 saturated heterocycles. The maximum Gasteiger partial charge on any atom is 0.219 e. The third kappa shape index (κ3) is 3.52. The monoisotopic (exact) mass is 307 g/mol. The molecule has 0 aliphatic heterocycles. The summed E-state index contributed by atoms with van der Waals surface area (Å²) in [5.41, 5.74) is 0. The molecule has 2 aromatic rings. The minimum absolute atomic E-state index is 0.0165. The Kier molecular flexibility index (Phi) is 4.80. The Morgan fingerprint density at radius 3 is 2.48 bits per heavy atom. The number of hydrogen-bond acceptors (Lipinski definition) is 4. The van der Waals surface area contributed by atoms with Gasteiger partial charge in [0.1, 0.15) is 11.0 Å². The smallest absolute Gasteiger partial charge is 0.219 e. The van der Waals surface area contributed by atoms with E-state index < -0.39 is 15.1 Å². The Morgan fingerprint density at radius 2 is 1.90 bits per heavy atom. The normalized spacial score (nSPS) is 12.8. The first-order valence-corrected chi connectivity index (χ1v) is 8.19. The number of benzene rings is 1. The topological polar surface area (TPSA) is 76.4 Å². The van der Waals surface area contributed by atoms with E-state index in [2.05, 4.69) is 5.32 Å². The molecule has 0 spiro atoms. The van der Waals surface area contributed by atoms with Gasteiger partial charge >= 0.3 is 0 Å². The molecule has 0 saturated carbocycles. The van der Waals surface area contributed by atoms with Crippen molar-refractivity contribution in [1.82, 2.24) is 5.32 Å². The summed E-state index contributed by atoms with van der Waals surface area (Å²) in [7, 11) is -3.64. The van der Waals surface area contributed by atoms with Crippen molar-refractivity contribution in [2.75, 3.05) is 6.54 Å². The van der Waals surface area contributed by atoms with Gasteiger partial charge in [0, 0.05) is 13.0 Å². The lowest BCUT2D eigenvalue weighted by Gasteiger charge is -2.16. The first-order valence-electron chi connectivity index (χ1n) is 6.64. The van der Waals surface area contributed by atoms with E-state index in [-0.39, 0.29) is 17.3 Å². The summed E-state index contributed by atoms with van der Waals surface area (Å²) in [4.78, 5) is 11.6. The minimum Gasteiger partial charge on any atom is -0.468 e. The maximum absolute atomic E-state index is 12.7. The molecule has 1 N–H and O–H groups in total. The average molecular weight is 307 g/mol. The lowest BCUT2D eigenvalue weighted by Crippen LogP contribution is -2.31. The highest BCUT2D eigenvalue weighted by Crippen LogP contribution is 2.28. The molecule has 0 unspecified atom stereocenters. The van der Waals surface area contributed by atoms with E-state index in [1.807, 2.05) is 0 Å². The summed E-state index contributed by atoms with van der Waals surface area (Å²) >= 11 is 0. The molecule has 21 heavy (non-hydrogen) atoms. The lowest BCUT2D eigenvalue weighted by molar-refractivity contribution is -0.120. The van der Waals surface area contributed by atoms with Crippen molar-refractivity contribution in [3.8, 4) is 0 Å². The summed E-state index contributed by atoms with van der Waals surface area (Å²) in [6.45, 7) is 1.69. The van der Waals surface area contributed by atoms with Crippen LogP contribution in [0, 0.1) is 0 Å². The maximum atomic E-state index is 12.7. The van der Waals surface area contributed by atoms with E-state index in [0.717, 1.165) is 0 Å². The van der Waals surface area contributed by atoms with Crippen LogP contribution < -0.4 is 5.32 Å². The van der Waals surface area contributed by atoms with Crippen molar-refractivity contribution >= 4 is 15.7 Å². The molecule has 5 nitrogen and oxygen atoms in total. The molecule has 1 heterocycles. The van der Waals surface area contributed by atoms with Gasteiger partial charge in [0.25, 0.3) is 0 Å². The zero-order chi connectivity index (χ0) is 15.3. The summed E-state index contributed by atoms with van der Waals surface area (Å²) in [5, 5.41) is 1.68. The van der Waals surface area contributed by atoms with E-state index >= 15 is 0 Å². The van der Waals surface area contributed by atoms with Gasteiger partial charge in [-0.1, -0.05) is 25.1 Å². The Hall–Kier alpha value is -2.08. The Labute approximate surface area is 123 Å². The van der Waals surface area contributed by atoms with Gasteiger partial charge in [0.05, 0.1) is 11.2 Å². The molecule has 1 aromatic heterocycles. The SMILES string of the molecule is CCC(=O)NC[C@@H](c1ccco1)S(=O)(=O)c1ccccc1. The summed E-state index contributed by atoms with van der Waals surface area (Å²) in [5.74, 6) is 0.116. The molecule has 0 aliphatic carbocycles. The highest BCUT2D eigenvalue weighted by atomic mass is 32.2. The van der Waals surface area contributed by atoms with Crippen LogP contribution in [0.15, 0.2) is 58.0 Å². The first-order chi connectivity index (χ1) is 10.1. The van der Waals surface area contributed by atoms with Gasteiger partial charge in [0.15, 0.2) is 9.84 Å². The van der Waals surface area contributed by atoms with Gasteiger partial charge in [-0.2, -0.15) is 0 Å². The quantitative estimate of drug-likeness (QED) is 0.888. The number of nitrogens with one attached hydrogen (secondary N) is 1. The van der Waals surface area contributed by atoms with Gasteiger partial charge in [-0.3, -0.25) is 4.79 Å². The van der Waals surface area contributed by atoms with Crippen LogP contribution in [0.5, 0.6) is 0 Å². The minimum atomic E-state index is -3.64. The second-order valence-corrected chi connectivity index (χ2v) is 6.65. The molecule has 0 radical (unpaired) electrons. The fraction of sp³-hybridized carbons (Fsp3) is 0.267. The largest absolute Gasteiger partial charge is 0.468 e. The predicted molar refractivity (Wildman–Crippen MR) is 78.4 cm³/mol. The molecule has 0 bridgehead atoms. The Balaban J connectivity index is 2.33. The van der Waals surface area contributed by atoms with Crippen molar-refractivity contribution < 1.29 is 17.6 Å². The molecule has 1 atom stereocenters. The highest BCUT2D eigenvalue weighted by molar-refractivity contribution is 7.91. The number of hydrogen-bond donors (Lipinski definition) is 1. The molecule has 0 aliphatic rings. The number of carbonyl (C=O) groups excluding carboxylic acids is 1. The molecule has 112 valence electrons. The zero-order valence-electron chi connectivity index (χ0n) is 11.7. The van der Waals surface area contributed by atoms with Crippen LogP contribution in [-0.4, -0.2) is 20.9 Å². The van der Waals surface area contributed by atoms with E-state index in [1.54, 1.807) is 37.3 Å². The molecule has 1 amide bonds. The van der Waals surface area contributed by atoms with E-state index in [1.165, 1.54) is 18.4 Å². The summed E-state index contributed by atoms with van der Waals surface area (Å²) < 4.78 is 30.7. The van der Waals surface area contributed by atoms with E-state index in [0.29, 0.717) is 12.2 Å². The molecule has 1 aromatic carbocycles. The summed E-state index contributed by atoms with van der Waals surface area (Å²) in [6, 6.07) is 11.4.